The average molecular weight is 354 g/mol. The van der Waals surface area contributed by atoms with Crippen LogP contribution in [0.2, 0.25) is 0 Å². The molecule has 0 bridgehead atoms. The van der Waals surface area contributed by atoms with Crippen LogP contribution in [0.5, 0.6) is 5.75 Å². The molecular formula is C18H18N4O2S. The average Bonchev–Trinajstić information content (AvgIpc) is 3.10. The lowest BCUT2D eigenvalue weighted by atomic mass is 10.2. The molecule has 3 rings (SSSR count). The summed E-state index contributed by atoms with van der Waals surface area (Å²) in [6, 6.07) is 15.3. The lowest BCUT2D eigenvalue weighted by molar-refractivity contribution is -0.113. The fourth-order valence-electron chi connectivity index (χ4n) is 2.35. The Hall–Kier alpha value is -2.80. The predicted octanol–water partition coefficient (Wildman–Crippen LogP) is 3.32. The Morgan fingerprint density at radius 1 is 1.20 bits per heavy atom. The number of nitrogens with one attached hydrogen (secondary N) is 1. The van der Waals surface area contributed by atoms with Crippen molar-refractivity contribution in [3.63, 3.8) is 0 Å². The van der Waals surface area contributed by atoms with Gasteiger partial charge in [-0.3, -0.25) is 9.36 Å². The van der Waals surface area contributed by atoms with Crippen molar-refractivity contribution in [3.8, 4) is 11.4 Å². The van der Waals surface area contributed by atoms with Gasteiger partial charge in [0.05, 0.1) is 18.6 Å². The summed E-state index contributed by atoms with van der Waals surface area (Å²) < 4.78 is 7.19. The fraction of sp³-hybridized carbons (Fsp3) is 0.167. The van der Waals surface area contributed by atoms with Gasteiger partial charge in [-0.1, -0.05) is 42.1 Å². The van der Waals surface area contributed by atoms with Crippen LogP contribution in [0.3, 0.4) is 0 Å². The van der Waals surface area contributed by atoms with Gasteiger partial charge in [0.15, 0.2) is 5.16 Å². The minimum Gasteiger partial charge on any atom is -0.495 e. The van der Waals surface area contributed by atoms with E-state index in [9.17, 15) is 4.79 Å². The number of carbonyl (C=O) groups is 1. The van der Waals surface area contributed by atoms with Crippen molar-refractivity contribution < 1.29 is 9.53 Å². The number of para-hydroxylation sites is 3. The maximum Gasteiger partial charge on any atom is 0.234 e. The lowest BCUT2D eigenvalue weighted by Gasteiger charge is -2.11. The van der Waals surface area contributed by atoms with E-state index in [-0.39, 0.29) is 11.7 Å². The van der Waals surface area contributed by atoms with Crippen molar-refractivity contribution in [2.75, 3.05) is 18.2 Å². The molecular weight excluding hydrogens is 336 g/mol. The molecule has 1 aromatic heterocycles. The molecule has 1 heterocycles. The van der Waals surface area contributed by atoms with E-state index in [1.807, 2.05) is 60.0 Å². The maximum atomic E-state index is 12.2. The number of anilines is 1. The van der Waals surface area contributed by atoms with Crippen molar-refractivity contribution in [1.29, 1.82) is 0 Å². The second-order valence-electron chi connectivity index (χ2n) is 5.31. The monoisotopic (exact) mass is 354 g/mol. The SMILES string of the molecule is COc1ccccc1-n1cnnc1SCC(=O)Nc1ccccc1C. The van der Waals surface area contributed by atoms with Crippen LogP contribution in [-0.4, -0.2) is 33.5 Å². The highest BCUT2D eigenvalue weighted by atomic mass is 32.2. The Labute approximate surface area is 150 Å². The first-order valence-corrected chi connectivity index (χ1v) is 8.69. The fourth-order valence-corrected chi connectivity index (χ4v) is 3.07. The number of hydrogen-bond acceptors (Lipinski definition) is 5. The minimum absolute atomic E-state index is 0.0890. The molecule has 0 fully saturated rings. The number of nitrogens with zero attached hydrogens (tertiary/aromatic N) is 3. The second-order valence-corrected chi connectivity index (χ2v) is 6.25. The van der Waals surface area contributed by atoms with Crippen LogP contribution in [0.15, 0.2) is 60.0 Å². The molecule has 128 valence electrons. The number of amides is 1. The van der Waals surface area contributed by atoms with Crippen molar-refractivity contribution in [1.82, 2.24) is 14.8 Å². The number of ether oxygens (including phenoxy) is 1. The highest BCUT2D eigenvalue weighted by molar-refractivity contribution is 7.99. The van der Waals surface area contributed by atoms with E-state index in [4.69, 9.17) is 4.74 Å². The number of aryl methyl sites for hydroxylation is 1. The molecule has 0 atom stereocenters. The van der Waals surface area contributed by atoms with Crippen LogP contribution in [-0.2, 0) is 4.79 Å². The van der Waals surface area contributed by atoms with Gasteiger partial charge < -0.3 is 10.1 Å². The summed E-state index contributed by atoms with van der Waals surface area (Å²) in [5.41, 5.74) is 2.68. The van der Waals surface area contributed by atoms with E-state index >= 15 is 0 Å². The Balaban J connectivity index is 1.70. The molecule has 7 heteroatoms. The Morgan fingerprint density at radius 2 is 1.96 bits per heavy atom. The van der Waals surface area contributed by atoms with Crippen LogP contribution in [0.4, 0.5) is 5.69 Å². The van der Waals surface area contributed by atoms with Crippen molar-refractivity contribution in [2.45, 2.75) is 12.1 Å². The van der Waals surface area contributed by atoms with E-state index in [1.165, 1.54) is 11.8 Å². The summed E-state index contributed by atoms with van der Waals surface area (Å²) in [6.07, 6.45) is 1.61. The van der Waals surface area contributed by atoms with Crippen molar-refractivity contribution in [2.24, 2.45) is 0 Å². The van der Waals surface area contributed by atoms with Crippen LogP contribution < -0.4 is 10.1 Å². The predicted molar refractivity (Wildman–Crippen MR) is 98.4 cm³/mol. The van der Waals surface area contributed by atoms with Gasteiger partial charge in [0.25, 0.3) is 0 Å². The zero-order valence-electron chi connectivity index (χ0n) is 14.0. The van der Waals surface area contributed by atoms with Gasteiger partial charge in [-0.25, -0.2) is 0 Å². The third kappa shape index (κ3) is 4.00. The molecule has 0 unspecified atom stereocenters. The number of hydrogen-bond donors (Lipinski definition) is 1. The minimum atomic E-state index is -0.0890. The number of carbonyl (C=O) groups excluding carboxylic acids is 1. The van der Waals surface area contributed by atoms with Crippen molar-refractivity contribution >= 4 is 23.4 Å². The summed E-state index contributed by atoms with van der Waals surface area (Å²) in [4.78, 5) is 12.2. The number of thioether (sulfide) groups is 1. The number of aromatic nitrogens is 3. The van der Waals surface area contributed by atoms with Crippen LogP contribution in [0.25, 0.3) is 5.69 Å². The molecule has 0 aliphatic carbocycles. The molecule has 0 spiro atoms. The van der Waals surface area contributed by atoms with Gasteiger partial charge >= 0.3 is 0 Å². The van der Waals surface area contributed by atoms with E-state index < -0.39 is 0 Å². The molecule has 1 N–H and O–H groups in total. The van der Waals surface area contributed by atoms with Crippen LogP contribution >= 0.6 is 11.8 Å². The molecule has 0 saturated carbocycles. The summed E-state index contributed by atoms with van der Waals surface area (Å²) in [6.45, 7) is 1.96. The largest absolute Gasteiger partial charge is 0.495 e. The van der Waals surface area contributed by atoms with Crippen molar-refractivity contribution in [3.05, 3.63) is 60.4 Å². The summed E-state index contributed by atoms with van der Waals surface area (Å²) in [5.74, 6) is 0.865. The molecule has 0 radical (unpaired) electrons. The zero-order chi connectivity index (χ0) is 17.6. The highest BCUT2D eigenvalue weighted by Gasteiger charge is 2.13. The second kappa shape index (κ2) is 7.85. The molecule has 0 saturated heterocycles. The summed E-state index contributed by atoms with van der Waals surface area (Å²) in [5, 5.41) is 11.6. The topological polar surface area (TPSA) is 69.0 Å². The van der Waals surface area contributed by atoms with E-state index in [0.29, 0.717) is 10.9 Å². The lowest BCUT2D eigenvalue weighted by Crippen LogP contribution is -2.15. The Bertz CT molecular complexity index is 879. The number of benzene rings is 2. The van der Waals surface area contributed by atoms with Gasteiger partial charge in [0.2, 0.25) is 5.91 Å². The third-order valence-electron chi connectivity index (χ3n) is 3.61. The van der Waals surface area contributed by atoms with E-state index in [1.54, 1.807) is 13.4 Å². The third-order valence-corrected chi connectivity index (χ3v) is 4.56. The van der Waals surface area contributed by atoms with Crippen LogP contribution in [0, 0.1) is 6.92 Å². The summed E-state index contributed by atoms with van der Waals surface area (Å²) in [7, 11) is 1.62. The molecule has 0 aliphatic rings. The van der Waals surface area contributed by atoms with E-state index in [0.717, 1.165) is 16.9 Å². The first kappa shape index (κ1) is 17.0. The van der Waals surface area contributed by atoms with Crippen LogP contribution in [0.1, 0.15) is 5.56 Å². The first-order chi connectivity index (χ1) is 12.2. The molecule has 2 aromatic carbocycles. The normalized spacial score (nSPS) is 10.5. The molecule has 6 nitrogen and oxygen atoms in total. The van der Waals surface area contributed by atoms with Gasteiger partial charge in [0.1, 0.15) is 12.1 Å². The standard InChI is InChI=1S/C18H18N4O2S/c1-13-7-3-4-8-14(13)20-17(23)11-25-18-21-19-12-22(18)15-9-5-6-10-16(15)24-2/h3-10,12H,11H2,1-2H3,(H,20,23). The number of rotatable bonds is 6. The quantitative estimate of drug-likeness (QED) is 0.688. The maximum absolute atomic E-state index is 12.2. The van der Waals surface area contributed by atoms with E-state index in [2.05, 4.69) is 15.5 Å². The van der Waals surface area contributed by atoms with Gasteiger partial charge in [-0.05, 0) is 30.7 Å². The summed E-state index contributed by atoms with van der Waals surface area (Å²) >= 11 is 1.32. The Morgan fingerprint density at radius 3 is 2.76 bits per heavy atom. The van der Waals surface area contributed by atoms with Gasteiger partial charge in [-0.15, -0.1) is 10.2 Å². The molecule has 1 amide bonds. The molecule has 3 aromatic rings. The van der Waals surface area contributed by atoms with Gasteiger partial charge in [-0.2, -0.15) is 0 Å². The highest BCUT2D eigenvalue weighted by Crippen LogP contribution is 2.26. The molecule has 0 aliphatic heterocycles. The zero-order valence-corrected chi connectivity index (χ0v) is 14.8. The smallest absolute Gasteiger partial charge is 0.234 e. The molecule has 25 heavy (non-hydrogen) atoms. The number of methoxy groups -OCH3 is 1. The first-order valence-electron chi connectivity index (χ1n) is 7.70. The van der Waals surface area contributed by atoms with Gasteiger partial charge in [0, 0.05) is 5.69 Å². The Kier molecular flexibility index (Phi) is 5.35.